The van der Waals surface area contributed by atoms with Crippen molar-refractivity contribution in [1.29, 1.82) is 0 Å². The molecule has 90 valence electrons. The number of ether oxygens (including phenoxy) is 1. The third-order valence-corrected chi connectivity index (χ3v) is 2.75. The first-order chi connectivity index (χ1) is 8.13. The fraction of sp³-hybridized carbons (Fsp3) is 0.333. The van der Waals surface area contributed by atoms with Crippen molar-refractivity contribution < 1.29 is 14.6 Å². The van der Waals surface area contributed by atoms with Gasteiger partial charge in [0, 0.05) is 20.6 Å². The van der Waals surface area contributed by atoms with Gasteiger partial charge in [0.25, 0.3) is 0 Å². The summed E-state index contributed by atoms with van der Waals surface area (Å²) >= 11 is 0. The molecule has 0 saturated heterocycles. The van der Waals surface area contributed by atoms with Gasteiger partial charge in [0.15, 0.2) is 0 Å². The normalized spacial score (nSPS) is 10.9. The van der Waals surface area contributed by atoms with Gasteiger partial charge in [-0.05, 0) is 18.2 Å². The van der Waals surface area contributed by atoms with Gasteiger partial charge in [-0.3, -0.25) is 0 Å². The van der Waals surface area contributed by atoms with Crippen LogP contribution >= 0.6 is 0 Å². The number of aromatic carboxylic acids is 1. The van der Waals surface area contributed by atoms with Crippen LogP contribution in [0.4, 0.5) is 0 Å². The summed E-state index contributed by atoms with van der Waals surface area (Å²) in [6.45, 7) is 0.600. The van der Waals surface area contributed by atoms with E-state index >= 15 is 0 Å². The van der Waals surface area contributed by atoms with Gasteiger partial charge in [-0.25, -0.2) is 9.78 Å². The topological polar surface area (TPSA) is 64.3 Å². The van der Waals surface area contributed by atoms with E-state index in [0.717, 1.165) is 16.9 Å². The Balaban J connectivity index is 2.47. The molecular weight excluding hydrogens is 220 g/mol. The second-order valence-electron chi connectivity index (χ2n) is 3.84. The summed E-state index contributed by atoms with van der Waals surface area (Å²) in [5.41, 5.74) is 1.92. The number of carboxylic acid groups (broad SMARTS) is 1. The number of carboxylic acids is 1. The summed E-state index contributed by atoms with van der Waals surface area (Å²) in [5.74, 6) is -0.0315. The lowest BCUT2D eigenvalue weighted by molar-refractivity contribution is 0.0697. The van der Waals surface area contributed by atoms with E-state index in [4.69, 9.17) is 9.84 Å². The average molecular weight is 234 g/mol. The second kappa shape index (κ2) is 4.55. The zero-order valence-corrected chi connectivity index (χ0v) is 9.80. The number of nitrogens with zero attached hydrogens (tertiary/aromatic N) is 2. The van der Waals surface area contributed by atoms with E-state index < -0.39 is 5.97 Å². The zero-order chi connectivity index (χ0) is 12.4. The van der Waals surface area contributed by atoms with Gasteiger partial charge < -0.3 is 14.4 Å². The Hall–Kier alpha value is -1.88. The quantitative estimate of drug-likeness (QED) is 0.869. The number of methoxy groups -OCH3 is 1. The molecule has 1 aromatic heterocycles. The van der Waals surface area contributed by atoms with Crippen molar-refractivity contribution in [3.05, 3.63) is 29.6 Å². The Morgan fingerprint density at radius 3 is 2.94 bits per heavy atom. The lowest BCUT2D eigenvalue weighted by Crippen LogP contribution is -2.02. The van der Waals surface area contributed by atoms with Crippen LogP contribution in [0.25, 0.3) is 11.0 Å². The van der Waals surface area contributed by atoms with Gasteiger partial charge in [0.05, 0.1) is 23.2 Å². The molecule has 0 saturated carbocycles. The first kappa shape index (κ1) is 11.6. The minimum absolute atomic E-state index is 0.277. The van der Waals surface area contributed by atoms with Gasteiger partial charge in [-0.1, -0.05) is 0 Å². The molecule has 0 amide bonds. The molecule has 0 aliphatic carbocycles. The van der Waals surface area contributed by atoms with E-state index in [2.05, 4.69) is 4.98 Å². The molecular formula is C12H14N2O3. The van der Waals surface area contributed by atoms with Gasteiger partial charge in [0.1, 0.15) is 5.82 Å². The first-order valence-corrected chi connectivity index (χ1v) is 5.31. The highest BCUT2D eigenvalue weighted by molar-refractivity contribution is 5.92. The van der Waals surface area contributed by atoms with E-state index in [1.807, 2.05) is 11.6 Å². The van der Waals surface area contributed by atoms with Crippen molar-refractivity contribution in [3.8, 4) is 0 Å². The minimum Gasteiger partial charge on any atom is -0.478 e. The number of aryl methyl sites for hydroxylation is 1. The molecule has 0 atom stereocenters. The number of carbonyl (C=O) groups is 1. The van der Waals surface area contributed by atoms with Crippen molar-refractivity contribution in [2.45, 2.75) is 6.42 Å². The van der Waals surface area contributed by atoms with Crippen LogP contribution in [0.2, 0.25) is 0 Å². The number of fused-ring (bicyclic) bond motifs is 1. The van der Waals surface area contributed by atoms with E-state index in [-0.39, 0.29) is 5.56 Å². The maximum Gasteiger partial charge on any atom is 0.335 e. The number of benzene rings is 1. The zero-order valence-electron chi connectivity index (χ0n) is 9.80. The van der Waals surface area contributed by atoms with Crippen LogP contribution < -0.4 is 0 Å². The Kier molecular flexibility index (Phi) is 3.10. The summed E-state index contributed by atoms with van der Waals surface area (Å²) in [6.07, 6.45) is 0.712. The molecule has 0 fully saturated rings. The Morgan fingerprint density at radius 2 is 2.29 bits per heavy atom. The highest BCUT2D eigenvalue weighted by Crippen LogP contribution is 2.17. The van der Waals surface area contributed by atoms with Crippen LogP contribution in [0.15, 0.2) is 18.2 Å². The second-order valence-corrected chi connectivity index (χ2v) is 3.84. The molecule has 17 heavy (non-hydrogen) atoms. The summed E-state index contributed by atoms with van der Waals surface area (Å²) in [4.78, 5) is 15.3. The summed E-state index contributed by atoms with van der Waals surface area (Å²) in [7, 11) is 3.52. The van der Waals surface area contributed by atoms with Crippen LogP contribution in [-0.4, -0.2) is 34.3 Å². The number of aromatic nitrogens is 2. The molecule has 5 heteroatoms. The van der Waals surface area contributed by atoms with Crippen LogP contribution in [0, 0.1) is 0 Å². The molecule has 1 aromatic carbocycles. The third kappa shape index (κ3) is 2.14. The van der Waals surface area contributed by atoms with Gasteiger partial charge >= 0.3 is 5.97 Å². The van der Waals surface area contributed by atoms with Crippen molar-refractivity contribution in [2.24, 2.45) is 7.05 Å². The van der Waals surface area contributed by atoms with Crippen molar-refractivity contribution in [1.82, 2.24) is 9.55 Å². The van der Waals surface area contributed by atoms with E-state index in [9.17, 15) is 4.79 Å². The molecule has 0 aliphatic rings. The number of hydrogen-bond acceptors (Lipinski definition) is 3. The van der Waals surface area contributed by atoms with Crippen LogP contribution in [-0.2, 0) is 18.2 Å². The monoisotopic (exact) mass is 234 g/mol. The number of imidazole rings is 1. The molecule has 0 spiro atoms. The van der Waals surface area contributed by atoms with Gasteiger partial charge in [0.2, 0.25) is 0 Å². The maximum absolute atomic E-state index is 10.9. The lowest BCUT2D eigenvalue weighted by Gasteiger charge is -2.01. The molecule has 1 heterocycles. The highest BCUT2D eigenvalue weighted by atomic mass is 16.5. The largest absolute Gasteiger partial charge is 0.478 e. The van der Waals surface area contributed by atoms with Gasteiger partial charge in [-0.15, -0.1) is 0 Å². The van der Waals surface area contributed by atoms with Crippen molar-refractivity contribution in [2.75, 3.05) is 13.7 Å². The van der Waals surface area contributed by atoms with E-state index in [0.29, 0.717) is 13.0 Å². The van der Waals surface area contributed by atoms with Crippen molar-refractivity contribution >= 4 is 17.0 Å². The number of hydrogen-bond donors (Lipinski definition) is 1. The summed E-state index contributed by atoms with van der Waals surface area (Å²) in [6, 6.07) is 4.94. The molecule has 0 unspecified atom stereocenters. The smallest absolute Gasteiger partial charge is 0.335 e. The molecule has 0 radical (unpaired) electrons. The molecule has 0 bridgehead atoms. The maximum atomic E-state index is 10.9. The first-order valence-electron chi connectivity index (χ1n) is 5.31. The van der Waals surface area contributed by atoms with Crippen LogP contribution in [0.1, 0.15) is 16.2 Å². The molecule has 5 nitrogen and oxygen atoms in total. The lowest BCUT2D eigenvalue weighted by atomic mass is 10.2. The highest BCUT2D eigenvalue weighted by Gasteiger charge is 2.10. The Bertz CT molecular complexity index is 560. The molecule has 1 N–H and O–H groups in total. The van der Waals surface area contributed by atoms with Gasteiger partial charge in [-0.2, -0.15) is 0 Å². The average Bonchev–Trinajstić information content (AvgIpc) is 2.63. The van der Waals surface area contributed by atoms with E-state index in [1.165, 1.54) is 0 Å². The summed E-state index contributed by atoms with van der Waals surface area (Å²) in [5, 5.41) is 8.93. The minimum atomic E-state index is -0.924. The fourth-order valence-corrected chi connectivity index (χ4v) is 1.79. The third-order valence-electron chi connectivity index (χ3n) is 2.75. The fourth-order valence-electron chi connectivity index (χ4n) is 1.79. The number of rotatable bonds is 4. The van der Waals surface area contributed by atoms with Crippen molar-refractivity contribution in [3.63, 3.8) is 0 Å². The molecule has 2 aromatic rings. The Morgan fingerprint density at radius 1 is 1.53 bits per heavy atom. The van der Waals surface area contributed by atoms with Crippen LogP contribution in [0.5, 0.6) is 0 Å². The predicted molar refractivity (Wildman–Crippen MR) is 63.3 cm³/mol. The van der Waals surface area contributed by atoms with Crippen LogP contribution in [0.3, 0.4) is 0 Å². The SMILES string of the molecule is COCCc1nc2ccc(C(=O)O)cc2n1C. The standard InChI is InChI=1S/C12H14N2O3/c1-14-10-7-8(12(15)16)3-4-9(10)13-11(14)5-6-17-2/h3-4,7H,5-6H2,1-2H3,(H,15,16). The summed E-state index contributed by atoms with van der Waals surface area (Å²) < 4.78 is 6.91. The van der Waals surface area contributed by atoms with E-state index in [1.54, 1.807) is 25.3 Å². The predicted octanol–water partition coefficient (Wildman–Crippen LogP) is 1.46. The Labute approximate surface area is 98.6 Å². The molecule has 2 rings (SSSR count). The molecule has 0 aliphatic heterocycles.